The van der Waals surface area contributed by atoms with Gasteiger partial charge in [-0.25, -0.2) is 0 Å². The van der Waals surface area contributed by atoms with Crippen molar-refractivity contribution in [1.29, 1.82) is 0 Å². The van der Waals surface area contributed by atoms with Crippen LogP contribution in [0.2, 0.25) is 0 Å². The van der Waals surface area contributed by atoms with E-state index in [0.29, 0.717) is 18.0 Å². The number of hydrogen-bond donors (Lipinski definition) is 1. The van der Waals surface area contributed by atoms with Crippen LogP contribution in [0.5, 0.6) is 0 Å². The summed E-state index contributed by atoms with van der Waals surface area (Å²) in [5.41, 5.74) is 0.727. The molecule has 1 unspecified atom stereocenters. The zero-order valence-electron chi connectivity index (χ0n) is 10.1. The van der Waals surface area contributed by atoms with Crippen LogP contribution in [0.15, 0.2) is 0 Å². The van der Waals surface area contributed by atoms with Gasteiger partial charge in [0, 0.05) is 13.7 Å². The molecule has 0 aliphatic rings. The fraction of sp³-hybridized carbons (Fsp3) is 0.700. The summed E-state index contributed by atoms with van der Waals surface area (Å²) in [5, 5.41) is 6.47. The average molecular weight is 278 g/mol. The Kier molecular flexibility index (Phi) is 5.80. The number of ether oxygens (including phenoxy) is 1. The molecule has 1 atom stereocenters. The average Bonchev–Trinajstić information content (AvgIpc) is 2.75. The Morgan fingerprint density at radius 2 is 2.29 bits per heavy atom. The van der Waals surface area contributed by atoms with E-state index in [-0.39, 0.29) is 17.2 Å². The van der Waals surface area contributed by atoms with Crippen LogP contribution in [0.1, 0.15) is 35.1 Å². The predicted molar refractivity (Wildman–Crippen MR) is 67.8 cm³/mol. The highest BCUT2D eigenvalue weighted by molar-refractivity contribution is 7.08. The Bertz CT molecular complexity index is 370. The van der Waals surface area contributed by atoms with Crippen molar-refractivity contribution in [1.82, 2.24) is 14.9 Å². The molecule has 1 aromatic heterocycles. The summed E-state index contributed by atoms with van der Waals surface area (Å²) >= 11 is 7.02. The molecule has 0 saturated carbocycles. The lowest BCUT2D eigenvalue weighted by molar-refractivity contribution is 0.0952. The molecular formula is C10H16ClN3O2S. The Balaban J connectivity index is 2.55. The number of nitrogens with one attached hydrogen (secondary N) is 1. The number of nitrogens with zero attached hydrogens (tertiary/aromatic N) is 2. The van der Waals surface area contributed by atoms with Crippen LogP contribution in [0.25, 0.3) is 0 Å². The second-order valence-electron chi connectivity index (χ2n) is 3.90. The van der Waals surface area contributed by atoms with E-state index >= 15 is 0 Å². The number of carbonyl (C=O) groups is 1. The summed E-state index contributed by atoms with van der Waals surface area (Å²) in [4.78, 5) is 12.4. The number of carbonyl (C=O) groups excluding carboxylic acids is 1. The van der Waals surface area contributed by atoms with Gasteiger partial charge in [-0.15, -0.1) is 16.7 Å². The van der Waals surface area contributed by atoms with Gasteiger partial charge in [-0.1, -0.05) is 18.3 Å². The SMILES string of the molecule is COCC(Cl)CNC(=O)c1snnc1C(C)C. The monoisotopic (exact) mass is 277 g/mol. The number of amides is 1. The van der Waals surface area contributed by atoms with Crippen molar-refractivity contribution in [3.63, 3.8) is 0 Å². The smallest absolute Gasteiger partial charge is 0.265 e. The predicted octanol–water partition coefficient (Wildman–Crippen LogP) is 1.65. The summed E-state index contributed by atoms with van der Waals surface area (Å²) < 4.78 is 8.68. The van der Waals surface area contributed by atoms with Crippen molar-refractivity contribution in [2.45, 2.75) is 25.1 Å². The Morgan fingerprint density at radius 1 is 1.59 bits per heavy atom. The topological polar surface area (TPSA) is 64.1 Å². The first kappa shape index (κ1) is 14.3. The number of hydrogen-bond acceptors (Lipinski definition) is 5. The van der Waals surface area contributed by atoms with Gasteiger partial charge < -0.3 is 10.1 Å². The van der Waals surface area contributed by atoms with Crippen LogP contribution in [0, 0.1) is 0 Å². The minimum atomic E-state index is -0.229. The third-order valence-electron chi connectivity index (χ3n) is 2.10. The largest absolute Gasteiger partial charge is 0.383 e. The van der Waals surface area contributed by atoms with Crippen molar-refractivity contribution >= 4 is 29.0 Å². The highest BCUT2D eigenvalue weighted by Crippen LogP contribution is 2.19. The first-order chi connectivity index (χ1) is 8.06. The standard InChI is InChI=1S/C10H16ClN3O2S/c1-6(2)8-9(17-14-13-8)10(15)12-4-7(11)5-16-3/h6-7H,4-5H2,1-3H3,(H,12,15). The van der Waals surface area contributed by atoms with Gasteiger partial charge in [0.1, 0.15) is 4.88 Å². The zero-order chi connectivity index (χ0) is 12.8. The quantitative estimate of drug-likeness (QED) is 0.803. The zero-order valence-corrected chi connectivity index (χ0v) is 11.6. The molecular weight excluding hydrogens is 262 g/mol. The van der Waals surface area contributed by atoms with E-state index in [0.717, 1.165) is 17.2 Å². The lowest BCUT2D eigenvalue weighted by atomic mass is 10.1. The summed E-state index contributed by atoms with van der Waals surface area (Å²) in [5.74, 6) is 0.00530. The van der Waals surface area contributed by atoms with E-state index in [4.69, 9.17) is 16.3 Å². The molecule has 1 amide bonds. The van der Waals surface area contributed by atoms with Crippen molar-refractivity contribution in [2.24, 2.45) is 0 Å². The van der Waals surface area contributed by atoms with Gasteiger partial charge in [-0.2, -0.15) is 0 Å². The molecule has 96 valence electrons. The maximum Gasteiger partial charge on any atom is 0.265 e. The fourth-order valence-electron chi connectivity index (χ4n) is 1.26. The highest BCUT2D eigenvalue weighted by atomic mass is 35.5. The molecule has 1 heterocycles. The molecule has 0 saturated heterocycles. The molecule has 5 nitrogen and oxygen atoms in total. The minimum absolute atomic E-state index is 0.176. The summed E-state index contributed by atoms with van der Waals surface area (Å²) in [6.07, 6.45) is 0. The Morgan fingerprint density at radius 3 is 2.88 bits per heavy atom. The summed E-state index contributed by atoms with van der Waals surface area (Å²) in [6, 6.07) is 0. The molecule has 17 heavy (non-hydrogen) atoms. The lowest BCUT2D eigenvalue weighted by Crippen LogP contribution is -2.31. The van der Waals surface area contributed by atoms with E-state index in [2.05, 4.69) is 14.9 Å². The van der Waals surface area contributed by atoms with E-state index in [1.54, 1.807) is 7.11 Å². The highest BCUT2D eigenvalue weighted by Gasteiger charge is 2.19. The number of rotatable bonds is 6. The van der Waals surface area contributed by atoms with Crippen LogP contribution in [0.4, 0.5) is 0 Å². The normalized spacial score (nSPS) is 12.8. The number of methoxy groups -OCH3 is 1. The van der Waals surface area contributed by atoms with Crippen molar-refractivity contribution in [3.05, 3.63) is 10.6 Å². The summed E-state index contributed by atoms with van der Waals surface area (Å²) in [7, 11) is 1.57. The van der Waals surface area contributed by atoms with E-state index in [1.807, 2.05) is 13.8 Å². The van der Waals surface area contributed by atoms with Crippen LogP contribution in [-0.2, 0) is 4.74 Å². The minimum Gasteiger partial charge on any atom is -0.383 e. The van der Waals surface area contributed by atoms with Gasteiger partial charge in [-0.3, -0.25) is 4.79 Å². The first-order valence-corrected chi connectivity index (χ1v) is 6.50. The van der Waals surface area contributed by atoms with Gasteiger partial charge in [-0.05, 0) is 17.5 Å². The Labute approximate surface area is 110 Å². The second-order valence-corrected chi connectivity index (χ2v) is 5.28. The van der Waals surface area contributed by atoms with Crippen LogP contribution in [-0.4, -0.2) is 41.1 Å². The van der Waals surface area contributed by atoms with Crippen molar-refractivity contribution < 1.29 is 9.53 Å². The third kappa shape index (κ3) is 4.22. The molecule has 1 rings (SSSR count). The molecule has 0 fully saturated rings. The molecule has 1 N–H and O–H groups in total. The molecule has 1 aromatic rings. The van der Waals surface area contributed by atoms with Gasteiger partial charge in [0.2, 0.25) is 0 Å². The fourth-order valence-corrected chi connectivity index (χ4v) is 2.20. The van der Waals surface area contributed by atoms with E-state index in [1.165, 1.54) is 0 Å². The lowest BCUT2D eigenvalue weighted by Gasteiger charge is -2.09. The van der Waals surface area contributed by atoms with Crippen LogP contribution >= 0.6 is 23.1 Å². The maximum absolute atomic E-state index is 11.9. The van der Waals surface area contributed by atoms with E-state index in [9.17, 15) is 4.79 Å². The van der Waals surface area contributed by atoms with Gasteiger partial charge in [0.25, 0.3) is 5.91 Å². The van der Waals surface area contributed by atoms with Crippen LogP contribution in [0.3, 0.4) is 0 Å². The van der Waals surface area contributed by atoms with Gasteiger partial charge in [0.15, 0.2) is 0 Å². The molecule has 0 aromatic carbocycles. The van der Waals surface area contributed by atoms with Crippen molar-refractivity contribution in [2.75, 3.05) is 20.3 Å². The molecule has 0 spiro atoms. The molecule has 7 heteroatoms. The third-order valence-corrected chi connectivity index (χ3v) is 3.12. The molecule has 0 bridgehead atoms. The second kappa shape index (κ2) is 6.88. The number of aromatic nitrogens is 2. The molecule has 0 radical (unpaired) electrons. The molecule has 0 aliphatic heterocycles. The number of halogens is 1. The first-order valence-electron chi connectivity index (χ1n) is 5.29. The maximum atomic E-state index is 11.9. The molecule has 0 aliphatic carbocycles. The Hall–Kier alpha value is -0.720. The van der Waals surface area contributed by atoms with Gasteiger partial charge in [0.05, 0.1) is 17.7 Å². The number of alkyl halides is 1. The van der Waals surface area contributed by atoms with Crippen LogP contribution < -0.4 is 5.32 Å². The van der Waals surface area contributed by atoms with E-state index < -0.39 is 0 Å². The van der Waals surface area contributed by atoms with Gasteiger partial charge >= 0.3 is 0 Å². The van der Waals surface area contributed by atoms with Crippen molar-refractivity contribution in [3.8, 4) is 0 Å². The summed E-state index contributed by atoms with van der Waals surface area (Å²) in [6.45, 7) is 4.72.